The molecule has 0 saturated heterocycles. The van der Waals surface area contributed by atoms with Gasteiger partial charge in [0.15, 0.2) is 5.76 Å². The van der Waals surface area contributed by atoms with Gasteiger partial charge in [-0.2, -0.15) is 0 Å². The molecule has 64 valence electrons. The van der Waals surface area contributed by atoms with Gasteiger partial charge in [-0.25, -0.2) is 0 Å². The highest BCUT2D eigenvalue weighted by molar-refractivity contribution is 7.82. The van der Waals surface area contributed by atoms with Gasteiger partial charge in [0, 0.05) is 6.42 Å². The molecule has 1 aliphatic heterocycles. The highest BCUT2D eigenvalue weighted by Gasteiger charge is 2.21. The lowest BCUT2D eigenvalue weighted by Gasteiger charge is -1.96. The topological polar surface area (TPSA) is 52.6 Å². The summed E-state index contributed by atoms with van der Waals surface area (Å²) in [6.07, 6.45) is 3.67. The molecule has 0 unspecified atom stereocenters. The molecule has 1 heterocycles. The van der Waals surface area contributed by atoms with E-state index >= 15 is 0 Å². The van der Waals surface area contributed by atoms with Crippen LogP contribution in [0.5, 0.6) is 0 Å². The number of allylic oxidation sites excluding steroid dienone is 1. The molecule has 0 N–H and O–H groups in total. The third kappa shape index (κ3) is 2.42. The molecule has 0 aromatic heterocycles. The van der Waals surface area contributed by atoms with Gasteiger partial charge >= 0.3 is 10.4 Å². The van der Waals surface area contributed by atoms with Crippen molar-refractivity contribution in [3.63, 3.8) is 0 Å². The standard InChI is InChI=1S/C6H10O4S/c1-2-3-4-6-5-9-11(7,8)10-6/h5H,2-4H2,1H3. The summed E-state index contributed by atoms with van der Waals surface area (Å²) in [5.41, 5.74) is 0. The van der Waals surface area contributed by atoms with Gasteiger partial charge in [-0.1, -0.05) is 13.3 Å². The molecule has 1 rings (SSSR count). The van der Waals surface area contributed by atoms with Crippen LogP contribution >= 0.6 is 0 Å². The summed E-state index contributed by atoms with van der Waals surface area (Å²) in [5, 5.41) is 0. The predicted octanol–water partition coefficient (Wildman–Crippen LogP) is 1.31. The quantitative estimate of drug-likeness (QED) is 0.653. The normalized spacial score (nSPS) is 20.3. The summed E-state index contributed by atoms with van der Waals surface area (Å²) in [6, 6.07) is 0. The summed E-state index contributed by atoms with van der Waals surface area (Å²) in [4.78, 5) is 0. The van der Waals surface area contributed by atoms with E-state index in [1.54, 1.807) is 0 Å². The predicted molar refractivity (Wildman–Crippen MR) is 38.7 cm³/mol. The third-order valence-electron chi connectivity index (χ3n) is 1.28. The average molecular weight is 178 g/mol. The molecule has 0 aliphatic carbocycles. The molecule has 0 amide bonds. The zero-order valence-corrected chi connectivity index (χ0v) is 7.06. The van der Waals surface area contributed by atoms with Crippen molar-refractivity contribution in [1.29, 1.82) is 0 Å². The van der Waals surface area contributed by atoms with E-state index in [-0.39, 0.29) is 0 Å². The highest BCUT2D eigenvalue weighted by Crippen LogP contribution is 2.19. The first-order valence-corrected chi connectivity index (χ1v) is 4.79. The van der Waals surface area contributed by atoms with Gasteiger partial charge in [-0.05, 0) is 6.42 Å². The maximum Gasteiger partial charge on any atom is 0.500 e. The lowest BCUT2D eigenvalue weighted by molar-refractivity contribution is 0.359. The molecule has 11 heavy (non-hydrogen) atoms. The van der Waals surface area contributed by atoms with Crippen LogP contribution in [0, 0.1) is 0 Å². The third-order valence-corrected chi connectivity index (χ3v) is 2.03. The average Bonchev–Trinajstić information content (AvgIpc) is 2.26. The Morgan fingerprint density at radius 2 is 2.27 bits per heavy atom. The fourth-order valence-electron chi connectivity index (χ4n) is 0.735. The second-order valence-corrected chi connectivity index (χ2v) is 3.45. The van der Waals surface area contributed by atoms with Gasteiger partial charge in [-0.15, -0.1) is 8.42 Å². The summed E-state index contributed by atoms with van der Waals surface area (Å²) >= 11 is 0. The van der Waals surface area contributed by atoms with Crippen molar-refractivity contribution in [3.05, 3.63) is 12.0 Å². The van der Waals surface area contributed by atoms with Crippen LogP contribution in [0.2, 0.25) is 0 Å². The van der Waals surface area contributed by atoms with Crippen molar-refractivity contribution in [3.8, 4) is 0 Å². The Hall–Kier alpha value is -0.710. The van der Waals surface area contributed by atoms with Crippen molar-refractivity contribution >= 4 is 10.4 Å². The van der Waals surface area contributed by atoms with Crippen LogP contribution in [-0.2, 0) is 18.8 Å². The van der Waals surface area contributed by atoms with E-state index in [2.05, 4.69) is 8.37 Å². The second kappa shape index (κ2) is 3.13. The van der Waals surface area contributed by atoms with Crippen LogP contribution in [0.3, 0.4) is 0 Å². The fraction of sp³-hybridized carbons (Fsp3) is 0.667. The lowest BCUT2D eigenvalue weighted by Crippen LogP contribution is -1.97. The van der Waals surface area contributed by atoms with E-state index in [0.29, 0.717) is 12.2 Å². The maximum atomic E-state index is 10.5. The summed E-state index contributed by atoms with van der Waals surface area (Å²) in [6.45, 7) is 2.02. The molecule has 0 aromatic rings. The van der Waals surface area contributed by atoms with E-state index in [1.165, 1.54) is 0 Å². The molecular formula is C6H10O4S. The molecule has 0 radical (unpaired) electrons. The van der Waals surface area contributed by atoms with Crippen molar-refractivity contribution in [2.24, 2.45) is 0 Å². The molecule has 0 fully saturated rings. The molecule has 4 nitrogen and oxygen atoms in total. The maximum absolute atomic E-state index is 10.5. The molecule has 0 saturated carbocycles. The van der Waals surface area contributed by atoms with Gasteiger partial charge < -0.3 is 8.37 Å². The highest BCUT2D eigenvalue weighted by atomic mass is 32.3. The zero-order valence-electron chi connectivity index (χ0n) is 6.24. The molecule has 0 atom stereocenters. The Morgan fingerprint density at radius 3 is 2.73 bits per heavy atom. The van der Waals surface area contributed by atoms with Gasteiger partial charge in [0.25, 0.3) is 0 Å². The second-order valence-electron chi connectivity index (χ2n) is 2.28. The van der Waals surface area contributed by atoms with E-state index in [4.69, 9.17) is 0 Å². The van der Waals surface area contributed by atoms with Crippen molar-refractivity contribution in [2.75, 3.05) is 0 Å². The van der Waals surface area contributed by atoms with Crippen LogP contribution in [0.1, 0.15) is 26.2 Å². The summed E-state index contributed by atoms with van der Waals surface area (Å²) in [5.74, 6) is 0.395. The Kier molecular flexibility index (Phi) is 2.38. The smallest absolute Gasteiger partial charge is 0.357 e. The first-order chi connectivity index (χ1) is 5.14. The van der Waals surface area contributed by atoms with Gasteiger partial charge in [0.05, 0.1) is 0 Å². The zero-order chi connectivity index (χ0) is 8.32. The van der Waals surface area contributed by atoms with E-state index in [9.17, 15) is 8.42 Å². The van der Waals surface area contributed by atoms with Crippen molar-refractivity contribution in [2.45, 2.75) is 26.2 Å². The van der Waals surface area contributed by atoms with Crippen molar-refractivity contribution in [1.82, 2.24) is 0 Å². The van der Waals surface area contributed by atoms with E-state index < -0.39 is 10.4 Å². The number of hydrogen-bond acceptors (Lipinski definition) is 4. The van der Waals surface area contributed by atoms with Gasteiger partial charge in [0.2, 0.25) is 0 Å². The molecule has 0 spiro atoms. The minimum Gasteiger partial charge on any atom is -0.357 e. The SMILES string of the molecule is CCCCC1=COS(=O)(=O)O1. The molecule has 1 aliphatic rings. The molecule has 0 bridgehead atoms. The Bertz CT molecular complexity index is 252. The minimum absolute atomic E-state index is 0.395. The Balaban J connectivity index is 2.41. The number of unbranched alkanes of at least 4 members (excludes halogenated alkanes) is 1. The first kappa shape index (κ1) is 8.39. The summed E-state index contributed by atoms with van der Waals surface area (Å²) in [7, 11) is -3.72. The largest absolute Gasteiger partial charge is 0.500 e. The summed E-state index contributed by atoms with van der Waals surface area (Å²) < 4.78 is 29.7. The fourth-order valence-corrected chi connectivity index (χ4v) is 1.38. The van der Waals surface area contributed by atoms with Crippen LogP contribution < -0.4 is 0 Å². The minimum atomic E-state index is -3.72. The van der Waals surface area contributed by atoms with Crippen molar-refractivity contribution < 1.29 is 16.8 Å². The lowest BCUT2D eigenvalue weighted by atomic mass is 10.2. The number of hydrogen-bond donors (Lipinski definition) is 0. The molecule has 0 aromatic carbocycles. The van der Waals surface area contributed by atoms with E-state index in [1.807, 2.05) is 6.92 Å². The monoisotopic (exact) mass is 178 g/mol. The van der Waals surface area contributed by atoms with Crippen LogP contribution in [-0.4, -0.2) is 8.42 Å². The van der Waals surface area contributed by atoms with E-state index in [0.717, 1.165) is 19.1 Å². The first-order valence-electron chi connectivity index (χ1n) is 3.46. The Labute approximate surface area is 66.1 Å². The molecule has 5 heteroatoms. The van der Waals surface area contributed by atoms with Gasteiger partial charge in [-0.3, -0.25) is 0 Å². The van der Waals surface area contributed by atoms with Crippen LogP contribution in [0.4, 0.5) is 0 Å². The number of rotatable bonds is 3. The van der Waals surface area contributed by atoms with Crippen LogP contribution in [0.25, 0.3) is 0 Å². The molecular weight excluding hydrogens is 168 g/mol. The van der Waals surface area contributed by atoms with Crippen LogP contribution in [0.15, 0.2) is 12.0 Å². The Morgan fingerprint density at radius 1 is 1.55 bits per heavy atom. The van der Waals surface area contributed by atoms with Gasteiger partial charge in [0.1, 0.15) is 6.26 Å².